The second-order valence-corrected chi connectivity index (χ2v) is 7.20. The van der Waals surface area contributed by atoms with Gasteiger partial charge in [0.05, 0.1) is 17.1 Å². The molecule has 5 aromatic rings. The minimum absolute atomic E-state index is 0.148. The third-order valence-corrected chi connectivity index (χ3v) is 5.10. The molecule has 3 aromatic heterocycles. The Labute approximate surface area is 185 Å². The van der Waals surface area contributed by atoms with Crippen molar-refractivity contribution in [2.75, 3.05) is 0 Å². The molecule has 0 fully saturated rings. The van der Waals surface area contributed by atoms with E-state index >= 15 is 0 Å². The Morgan fingerprint density at radius 3 is 2.28 bits per heavy atom. The van der Waals surface area contributed by atoms with Gasteiger partial charge < -0.3 is 5.32 Å². The number of hydrogen-bond acceptors (Lipinski definition) is 4. The quantitative estimate of drug-likeness (QED) is 0.450. The van der Waals surface area contributed by atoms with Crippen LogP contribution in [-0.4, -0.2) is 30.5 Å². The zero-order chi connectivity index (χ0) is 21.8. The van der Waals surface area contributed by atoms with Crippen molar-refractivity contribution in [3.63, 3.8) is 0 Å². The van der Waals surface area contributed by atoms with Crippen molar-refractivity contribution in [2.45, 2.75) is 6.54 Å². The first-order valence-corrected chi connectivity index (χ1v) is 10.2. The number of hydrogen-bond donors (Lipinski definition) is 1. The fourth-order valence-corrected chi connectivity index (χ4v) is 3.47. The number of rotatable bonds is 6. The van der Waals surface area contributed by atoms with Crippen LogP contribution in [0.2, 0.25) is 0 Å². The first kappa shape index (κ1) is 19.4. The van der Waals surface area contributed by atoms with Gasteiger partial charge in [-0.1, -0.05) is 18.2 Å². The van der Waals surface area contributed by atoms with Crippen molar-refractivity contribution in [1.82, 2.24) is 29.9 Å². The van der Waals surface area contributed by atoms with Gasteiger partial charge in [0, 0.05) is 54.2 Å². The summed E-state index contributed by atoms with van der Waals surface area (Å²) < 4.78 is 3.58. The Bertz CT molecular complexity index is 1310. The van der Waals surface area contributed by atoms with Gasteiger partial charge in [-0.25, -0.2) is 9.36 Å². The van der Waals surface area contributed by atoms with Crippen molar-refractivity contribution >= 4 is 5.91 Å². The van der Waals surface area contributed by atoms with Crippen LogP contribution in [-0.2, 0) is 6.54 Å². The van der Waals surface area contributed by atoms with Gasteiger partial charge in [-0.15, -0.1) is 0 Å². The topological polar surface area (TPSA) is 77.6 Å². The summed E-state index contributed by atoms with van der Waals surface area (Å²) in [6.45, 7) is 0.351. The number of benzene rings is 2. The summed E-state index contributed by atoms with van der Waals surface area (Å²) in [5.74, 6) is -0.148. The lowest BCUT2D eigenvalue weighted by Gasteiger charge is -2.07. The summed E-state index contributed by atoms with van der Waals surface area (Å²) in [6.07, 6.45) is 9.00. The van der Waals surface area contributed by atoms with Crippen LogP contribution < -0.4 is 5.32 Å². The highest BCUT2D eigenvalue weighted by Gasteiger charge is 2.14. The maximum atomic E-state index is 12.8. The molecule has 0 saturated carbocycles. The van der Waals surface area contributed by atoms with E-state index < -0.39 is 0 Å². The molecule has 1 N–H and O–H groups in total. The van der Waals surface area contributed by atoms with E-state index in [0.717, 1.165) is 28.2 Å². The summed E-state index contributed by atoms with van der Waals surface area (Å²) in [5.41, 5.74) is 5.11. The maximum absolute atomic E-state index is 12.8. The largest absolute Gasteiger partial charge is 0.348 e. The highest BCUT2D eigenvalue weighted by atomic mass is 16.1. The molecule has 5 rings (SSSR count). The second-order valence-electron chi connectivity index (χ2n) is 7.20. The summed E-state index contributed by atoms with van der Waals surface area (Å²) in [5, 5.41) is 12.0. The SMILES string of the molecule is O=C(NCc1cn(-c2ccccc2)nc1-c1ccncc1)c1ccc(-n2cccn2)cc1. The normalized spacial score (nSPS) is 10.8. The first-order valence-electron chi connectivity index (χ1n) is 10.2. The van der Waals surface area contributed by atoms with Gasteiger partial charge in [-0.2, -0.15) is 10.2 Å². The van der Waals surface area contributed by atoms with Gasteiger partial charge in [0.15, 0.2) is 0 Å². The van der Waals surface area contributed by atoms with E-state index in [2.05, 4.69) is 15.4 Å². The molecule has 0 aliphatic heterocycles. The Morgan fingerprint density at radius 2 is 1.56 bits per heavy atom. The number of carbonyl (C=O) groups excluding carboxylic acids is 1. The molecule has 0 unspecified atom stereocenters. The molecule has 0 atom stereocenters. The molecule has 2 aromatic carbocycles. The second kappa shape index (κ2) is 8.69. The predicted molar refractivity (Wildman–Crippen MR) is 122 cm³/mol. The average Bonchev–Trinajstić information content (AvgIpc) is 3.54. The molecule has 0 spiro atoms. The van der Waals surface area contributed by atoms with Crippen LogP contribution in [0.5, 0.6) is 0 Å². The van der Waals surface area contributed by atoms with Gasteiger partial charge in [0.25, 0.3) is 5.91 Å². The van der Waals surface area contributed by atoms with E-state index in [9.17, 15) is 4.79 Å². The van der Waals surface area contributed by atoms with E-state index in [1.807, 2.05) is 77.7 Å². The number of aromatic nitrogens is 5. The lowest BCUT2D eigenvalue weighted by Crippen LogP contribution is -2.22. The number of amides is 1. The van der Waals surface area contributed by atoms with Crippen molar-refractivity contribution in [3.8, 4) is 22.6 Å². The smallest absolute Gasteiger partial charge is 0.251 e. The van der Waals surface area contributed by atoms with Crippen LogP contribution in [0.3, 0.4) is 0 Å². The molecule has 0 saturated heterocycles. The van der Waals surface area contributed by atoms with Gasteiger partial charge in [-0.3, -0.25) is 9.78 Å². The number of pyridine rings is 1. The molecule has 0 bridgehead atoms. The highest BCUT2D eigenvalue weighted by Crippen LogP contribution is 2.23. The molecule has 3 heterocycles. The maximum Gasteiger partial charge on any atom is 0.251 e. The standard InChI is InChI=1S/C25H20N6O/c32-25(20-7-9-23(10-8-20)30-16-4-13-28-30)27-17-21-18-31(22-5-2-1-3-6-22)29-24(21)19-11-14-26-15-12-19/h1-16,18H,17H2,(H,27,32). The van der Waals surface area contributed by atoms with Crippen molar-refractivity contribution in [2.24, 2.45) is 0 Å². The molecular formula is C25H20N6O. The van der Waals surface area contributed by atoms with E-state index in [0.29, 0.717) is 12.1 Å². The average molecular weight is 420 g/mol. The van der Waals surface area contributed by atoms with Crippen molar-refractivity contribution in [1.29, 1.82) is 0 Å². The Kier molecular flexibility index (Phi) is 5.28. The summed E-state index contributed by atoms with van der Waals surface area (Å²) >= 11 is 0. The summed E-state index contributed by atoms with van der Waals surface area (Å²) in [4.78, 5) is 16.9. The molecule has 0 aliphatic rings. The molecule has 32 heavy (non-hydrogen) atoms. The van der Waals surface area contributed by atoms with E-state index in [4.69, 9.17) is 5.10 Å². The molecule has 7 heteroatoms. The van der Waals surface area contributed by atoms with Crippen LogP contribution in [0.25, 0.3) is 22.6 Å². The lowest BCUT2D eigenvalue weighted by atomic mass is 10.1. The van der Waals surface area contributed by atoms with Crippen molar-refractivity contribution in [3.05, 3.63) is 115 Å². The monoisotopic (exact) mass is 420 g/mol. The van der Waals surface area contributed by atoms with Crippen LogP contribution in [0.1, 0.15) is 15.9 Å². The van der Waals surface area contributed by atoms with Gasteiger partial charge in [0.2, 0.25) is 0 Å². The minimum Gasteiger partial charge on any atom is -0.348 e. The zero-order valence-corrected chi connectivity index (χ0v) is 17.2. The molecule has 1 amide bonds. The summed E-state index contributed by atoms with van der Waals surface area (Å²) in [7, 11) is 0. The molecule has 0 aliphatic carbocycles. The molecule has 0 radical (unpaired) electrons. The number of carbonyl (C=O) groups is 1. The number of para-hydroxylation sites is 1. The van der Waals surface area contributed by atoms with Gasteiger partial charge >= 0.3 is 0 Å². The first-order chi connectivity index (χ1) is 15.8. The predicted octanol–water partition coefficient (Wildman–Crippen LogP) is 4.05. The lowest BCUT2D eigenvalue weighted by molar-refractivity contribution is 0.0951. The third kappa shape index (κ3) is 4.04. The van der Waals surface area contributed by atoms with Crippen LogP contribution >= 0.6 is 0 Å². The van der Waals surface area contributed by atoms with Gasteiger partial charge in [0.1, 0.15) is 0 Å². The van der Waals surface area contributed by atoms with Crippen LogP contribution in [0.4, 0.5) is 0 Å². The van der Waals surface area contributed by atoms with Crippen LogP contribution in [0, 0.1) is 0 Å². The van der Waals surface area contributed by atoms with E-state index in [-0.39, 0.29) is 5.91 Å². The van der Waals surface area contributed by atoms with E-state index in [1.54, 1.807) is 35.4 Å². The fourth-order valence-electron chi connectivity index (χ4n) is 3.47. The van der Waals surface area contributed by atoms with Crippen LogP contribution in [0.15, 0.2) is 104 Å². The van der Waals surface area contributed by atoms with E-state index in [1.165, 1.54) is 0 Å². The number of nitrogens with one attached hydrogen (secondary N) is 1. The highest BCUT2D eigenvalue weighted by molar-refractivity contribution is 5.94. The Hall–Kier alpha value is -4.52. The van der Waals surface area contributed by atoms with Crippen molar-refractivity contribution < 1.29 is 4.79 Å². The molecular weight excluding hydrogens is 400 g/mol. The molecule has 7 nitrogen and oxygen atoms in total. The zero-order valence-electron chi connectivity index (χ0n) is 17.2. The minimum atomic E-state index is -0.148. The fraction of sp³-hybridized carbons (Fsp3) is 0.0400. The Balaban J connectivity index is 1.37. The number of nitrogens with zero attached hydrogens (tertiary/aromatic N) is 5. The van der Waals surface area contributed by atoms with Gasteiger partial charge in [-0.05, 0) is 54.6 Å². The third-order valence-electron chi connectivity index (χ3n) is 5.10. The Morgan fingerprint density at radius 1 is 0.812 bits per heavy atom. The summed E-state index contributed by atoms with van der Waals surface area (Å²) in [6, 6.07) is 22.9. The molecule has 156 valence electrons.